The van der Waals surface area contributed by atoms with Crippen LogP contribution in [0.5, 0.6) is 0 Å². The number of hydrogen-bond donors (Lipinski definition) is 0. The molecule has 0 spiro atoms. The van der Waals surface area contributed by atoms with E-state index in [0.29, 0.717) is 10.8 Å². The third-order valence-electron chi connectivity index (χ3n) is 4.91. The van der Waals surface area contributed by atoms with E-state index in [0.717, 1.165) is 34.4 Å². The van der Waals surface area contributed by atoms with Crippen LogP contribution in [-0.2, 0) is 4.79 Å². The van der Waals surface area contributed by atoms with Gasteiger partial charge in [-0.1, -0.05) is 26.0 Å². The van der Waals surface area contributed by atoms with E-state index in [-0.39, 0.29) is 17.2 Å². The van der Waals surface area contributed by atoms with Gasteiger partial charge in [0.25, 0.3) is 11.1 Å². The first-order valence-corrected chi connectivity index (χ1v) is 10.1. The number of thioether (sulfide) groups is 1. The normalized spacial score (nSPS) is 16.4. The van der Waals surface area contributed by atoms with Crippen molar-refractivity contribution in [1.82, 2.24) is 9.47 Å². The molecule has 0 radical (unpaired) electrons. The number of aryl methyl sites for hydroxylation is 1. The molecular formula is C22H26N2O2S. The van der Waals surface area contributed by atoms with Crippen LogP contribution in [0.3, 0.4) is 0 Å². The highest BCUT2D eigenvalue weighted by molar-refractivity contribution is 8.18. The number of amides is 2. The summed E-state index contributed by atoms with van der Waals surface area (Å²) in [5.74, 6) is 0.295. The number of rotatable bonds is 4. The minimum atomic E-state index is -0.203. The van der Waals surface area contributed by atoms with Crippen LogP contribution in [0, 0.1) is 13.8 Å². The van der Waals surface area contributed by atoms with Crippen LogP contribution in [0.25, 0.3) is 11.8 Å². The largest absolute Gasteiger partial charge is 0.318 e. The minimum Gasteiger partial charge on any atom is -0.318 e. The number of carbonyl (C=O) groups is 2. The number of carbonyl (C=O) groups excluding carboxylic acids is 2. The van der Waals surface area contributed by atoms with Gasteiger partial charge in [-0.05, 0) is 80.8 Å². The van der Waals surface area contributed by atoms with Crippen molar-refractivity contribution in [1.29, 1.82) is 0 Å². The minimum absolute atomic E-state index is 0.129. The Labute approximate surface area is 165 Å². The SMILES string of the molecule is Cc1cc(/C=C2/SC(=O)N(C(C)C)C2=O)c(C)n1-c1ccc(C(C)C)cc1. The summed E-state index contributed by atoms with van der Waals surface area (Å²) in [5.41, 5.74) is 5.53. The van der Waals surface area contributed by atoms with E-state index in [2.05, 4.69) is 55.7 Å². The Hall–Kier alpha value is -2.27. The van der Waals surface area contributed by atoms with Gasteiger partial charge in [0.1, 0.15) is 0 Å². The Balaban J connectivity index is 1.97. The summed E-state index contributed by atoms with van der Waals surface area (Å²) in [4.78, 5) is 26.5. The van der Waals surface area contributed by atoms with Gasteiger partial charge in [-0.2, -0.15) is 0 Å². The second kappa shape index (κ2) is 7.39. The van der Waals surface area contributed by atoms with Crippen LogP contribution >= 0.6 is 11.8 Å². The van der Waals surface area contributed by atoms with Crippen LogP contribution in [-0.4, -0.2) is 26.7 Å². The summed E-state index contributed by atoms with van der Waals surface area (Å²) >= 11 is 1.02. The van der Waals surface area contributed by atoms with Gasteiger partial charge in [0.15, 0.2) is 0 Å². The monoisotopic (exact) mass is 382 g/mol. The van der Waals surface area contributed by atoms with Crippen molar-refractivity contribution in [3.05, 3.63) is 57.8 Å². The average molecular weight is 383 g/mol. The molecule has 142 valence electrons. The summed E-state index contributed by atoms with van der Waals surface area (Å²) in [7, 11) is 0. The standard InChI is InChI=1S/C22H26N2O2S/c1-13(2)17-7-9-19(10-8-17)24-15(5)11-18(16(24)6)12-20-21(25)23(14(3)4)22(26)27-20/h7-14H,1-6H3/b20-12+. The molecule has 0 aliphatic carbocycles. The Morgan fingerprint density at radius 3 is 2.15 bits per heavy atom. The fraction of sp³-hybridized carbons (Fsp3) is 0.364. The number of benzene rings is 1. The first kappa shape index (κ1) is 19.5. The molecule has 0 unspecified atom stereocenters. The Morgan fingerprint density at radius 2 is 1.63 bits per heavy atom. The number of aromatic nitrogens is 1. The van der Waals surface area contributed by atoms with Gasteiger partial charge in [0.05, 0.1) is 4.91 Å². The highest BCUT2D eigenvalue weighted by Gasteiger charge is 2.36. The fourth-order valence-corrected chi connectivity index (χ4v) is 4.36. The zero-order valence-corrected chi connectivity index (χ0v) is 17.6. The second-order valence-electron chi connectivity index (χ2n) is 7.55. The Kier molecular flexibility index (Phi) is 5.33. The van der Waals surface area contributed by atoms with E-state index in [1.165, 1.54) is 10.5 Å². The lowest BCUT2D eigenvalue weighted by Gasteiger charge is -2.16. The van der Waals surface area contributed by atoms with Crippen molar-refractivity contribution in [3.63, 3.8) is 0 Å². The maximum absolute atomic E-state index is 12.5. The van der Waals surface area contributed by atoms with E-state index >= 15 is 0 Å². The van der Waals surface area contributed by atoms with Crippen molar-refractivity contribution in [2.45, 2.75) is 53.5 Å². The lowest BCUT2D eigenvalue weighted by Crippen LogP contribution is -2.34. The molecule has 0 N–H and O–H groups in total. The van der Waals surface area contributed by atoms with Gasteiger partial charge in [-0.25, -0.2) is 0 Å². The lowest BCUT2D eigenvalue weighted by molar-refractivity contribution is -0.123. The van der Waals surface area contributed by atoms with Gasteiger partial charge in [-0.15, -0.1) is 0 Å². The fourth-order valence-electron chi connectivity index (χ4n) is 3.41. The first-order valence-electron chi connectivity index (χ1n) is 9.27. The lowest BCUT2D eigenvalue weighted by atomic mass is 10.0. The van der Waals surface area contributed by atoms with E-state index in [9.17, 15) is 9.59 Å². The van der Waals surface area contributed by atoms with E-state index < -0.39 is 0 Å². The van der Waals surface area contributed by atoms with Gasteiger partial charge in [0, 0.05) is 23.1 Å². The van der Waals surface area contributed by atoms with Crippen LogP contribution in [0.2, 0.25) is 0 Å². The van der Waals surface area contributed by atoms with Crippen molar-refractivity contribution in [2.24, 2.45) is 0 Å². The summed E-state index contributed by atoms with van der Waals surface area (Å²) in [6, 6.07) is 10.5. The first-order chi connectivity index (χ1) is 12.7. The van der Waals surface area contributed by atoms with Crippen LogP contribution in [0.1, 0.15) is 56.1 Å². The maximum atomic E-state index is 12.5. The molecule has 1 saturated heterocycles. The molecular weight excluding hydrogens is 356 g/mol. The smallest absolute Gasteiger partial charge is 0.293 e. The number of hydrogen-bond acceptors (Lipinski definition) is 3. The zero-order chi connectivity index (χ0) is 19.9. The average Bonchev–Trinajstić information content (AvgIpc) is 3.03. The summed E-state index contributed by atoms with van der Waals surface area (Å²) in [6.07, 6.45) is 1.84. The molecule has 2 amide bonds. The molecule has 0 bridgehead atoms. The third kappa shape index (κ3) is 3.61. The predicted octanol–water partition coefficient (Wildman–Crippen LogP) is 5.66. The molecule has 3 rings (SSSR count). The van der Waals surface area contributed by atoms with Crippen LogP contribution in [0.15, 0.2) is 35.2 Å². The molecule has 0 saturated carbocycles. The molecule has 2 aromatic rings. The molecule has 5 heteroatoms. The molecule has 2 heterocycles. The summed E-state index contributed by atoms with van der Waals surface area (Å²) in [5, 5.41) is -0.195. The molecule has 1 aliphatic heterocycles. The van der Waals surface area contributed by atoms with Gasteiger partial charge >= 0.3 is 0 Å². The zero-order valence-electron chi connectivity index (χ0n) is 16.7. The van der Waals surface area contributed by atoms with E-state index in [4.69, 9.17) is 0 Å². The van der Waals surface area contributed by atoms with Gasteiger partial charge in [-0.3, -0.25) is 14.5 Å². The molecule has 4 nitrogen and oxygen atoms in total. The molecule has 1 aliphatic rings. The highest BCUT2D eigenvalue weighted by atomic mass is 32.2. The van der Waals surface area contributed by atoms with Crippen molar-refractivity contribution in [3.8, 4) is 5.69 Å². The Morgan fingerprint density at radius 1 is 1.00 bits per heavy atom. The van der Waals surface area contributed by atoms with Gasteiger partial charge in [0.2, 0.25) is 0 Å². The molecule has 1 fully saturated rings. The number of imide groups is 1. The Bertz CT molecular complexity index is 921. The second-order valence-corrected chi connectivity index (χ2v) is 8.55. The topological polar surface area (TPSA) is 42.3 Å². The highest BCUT2D eigenvalue weighted by Crippen LogP contribution is 2.34. The molecule has 1 aromatic heterocycles. The third-order valence-corrected chi connectivity index (χ3v) is 5.80. The van der Waals surface area contributed by atoms with Gasteiger partial charge < -0.3 is 4.57 Å². The molecule has 0 atom stereocenters. The van der Waals surface area contributed by atoms with Crippen molar-refractivity contribution < 1.29 is 9.59 Å². The van der Waals surface area contributed by atoms with Crippen molar-refractivity contribution in [2.75, 3.05) is 0 Å². The molecule has 27 heavy (non-hydrogen) atoms. The van der Waals surface area contributed by atoms with E-state index in [1.54, 1.807) is 0 Å². The van der Waals surface area contributed by atoms with E-state index in [1.807, 2.05) is 26.8 Å². The predicted molar refractivity (Wildman–Crippen MR) is 112 cm³/mol. The molecule has 1 aromatic carbocycles. The summed E-state index contributed by atoms with van der Waals surface area (Å²) in [6.45, 7) is 12.2. The quantitative estimate of drug-likeness (QED) is 0.641. The summed E-state index contributed by atoms with van der Waals surface area (Å²) < 4.78 is 2.18. The van der Waals surface area contributed by atoms with Crippen LogP contribution < -0.4 is 0 Å². The number of nitrogens with zero attached hydrogens (tertiary/aromatic N) is 2. The van der Waals surface area contributed by atoms with Crippen molar-refractivity contribution >= 4 is 29.0 Å². The van der Waals surface area contributed by atoms with Crippen LogP contribution in [0.4, 0.5) is 4.79 Å². The maximum Gasteiger partial charge on any atom is 0.293 e.